The van der Waals surface area contributed by atoms with E-state index in [1.165, 1.54) is 5.56 Å². The van der Waals surface area contributed by atoms with E-state index in [0.717, 1.165) is 45.4 Å². The molecule has 5 nitrogen and oxygen atoms in total. The van der Waals surface area contributed by atoms with E-state index in [2.05, 4.69) is 39.3 Å². The number of hydrogen-bond donors (Lipinski definition) is 1. The van der Waals surface area contributed by atoms with Gasteiger partial charge in [0.25, 0.3) is 0 Å². The molecule has 2 heterocycles. The molecule has 2 aliphatic heterocycles. The van der Waals surface area contributed by atoms with Crippen molar-refractivity contribution in [3.63, 3.8) is 0 Å². The summed E-state index contributed by atoms with van der Waals surface area (Å²) in [6.07, 6.45) is 2.62. The standard InChI is InChI=1S/C18H24N4O.2ClH/c1-19-17-8-5-10-22(17)18(23)12-20-16-9-11-21(14-16)13-15-6-3-2-4-7-15;;/h2-4,6-7,16-17,20H,5,8-14H2;2*1H/t16-,17+;;/m1../s1. The summed E-state index contributed by atoms with van der Waals surface area (Å²) in [4.78, 5) is 20.0. The molecule has 3 rings (SSSR count). The summed E-state index contributed by atoms with van der Waals surface area (Å²) in [5, 5.41) is 3.38. The van der Waals surface area contributed by atoms with Crippen LogP contribution in [0.1, 0.15) is 24.8 Å². The van der Waals surface area contributed by atoms with E-state index < -0.39 is 0 Å². The molecule has 1 aromatic carbocycles. The average molecular weight is 385 g/mol. The van der Waals surface area contributed by atoms with E-state index in [9.17, 15) is 4.79 Å². The molecule has 1 N–H and O–H groups in total. The molecule has 0 unspecified atom stereocenters. The molecule has 138 valence electrons. The van der Waals surface area contributed by atoms with Crippen molar-refractivity contribution in [1.82, 2.24) is 15.1 Å². The maximum absolute atomic E-state index is 12.3. The number of carbonyl (C=O) groups is 1. The molecular weight excluding hydrogens is 359 g/mol. The highest BCUT2D eigenvalue weighted by Gasteiger charge is 2.33. The monoisotopic (exact) mass is 384 g/mol. The molecule has 1 amide bonds. The number of nitrogens with one attached hydrogen (secondary N) is 1. The van der Waals surface area contributed by atoms with Gasteiger partial charge in [-0.1, -0.05) is 30.3 Å². The molecule has 25 heavy (non-hydrogen) atoms. The highest BCUT2D eigenvalue weighted by Crippen LogP contribution is 2.18. The maximum Gasteiger partial charge on any atom is 0.300 e. The van der Waals surface area contributed by atoms with E-state index in [4.69, 9.17) is 6.57 Å². The number of carbonyl (C=O) groups excluding carboxylic acids is 1. The smallest absolute Gasteiger partial charge is 0.300 e. The summed E-state index contributed by atoms with van der Waals surface area (Å²) in [6, 6.07) is 10.9. The fraction of sp³-hybridized carbons (Fsp3) is 0.556. The minimum absolute atomic E-state index is 0. The SMILES string of the molecule is Cl.Cl.[C-]#[N+][C@@H]1CCCN1C(=O)CN[C@@H]1CCN(Cc2ccccc2)C1. The van der Waals surface area contributed by atoms with Gasteiger partial charge in [-0.3, -0.25) is 19.4 Å². The molecule has 0 saturated carbocycles. The first-order valence-corrected chi connectivity index (χ1v) is 8.42. The van der Waals surface area contributed by atoms with E-state index in [0.29, 0.717) is 12.6 Å². The summed E-state index contributed by atoms with van der Waals surface area (Å²) < 4.78 is 0. The first kappa shape index (κ1) is 21.7. The van der Waals surface area contributed by atoms with Crippen LogP contribution in [0.5, 0.6) is 0 Å². The van der Waals surface area contributed by atoms with Crippen LogP contribution in [0.3, 0.4) is 0 Å². The first-order chi connectivity index (χ1) is 11.3. The fourth-order valence-electron chi connectivity index (χ4n) is 3.49. The molecular formula is C18H26Cl2N4O. The van der Waals surface area contributed by atoms with Crippen molar-refractivity contribution in [2.45, 2.75) is 38.0 Å². The van der Waals surface area contributed by atoms with Gasteiger partial charge < -0.3 is 5.32 Å². The van der Waals surface area contributed by atoms with Crippen molar-refractivity contribution >= 4 is 30.7 Å². The van der Waals surface area contributed by atoms with Crippen molar-refractivity contribution in [1.29, 1.82) is 0 Å². The predicted molar refractivity (Wildman–Crippen MR) is 104 cm³/mol. The summed E-state index contributed by atoms with van der Waals surface area (Å²) in [7, 11) is 0. The molecule has 2 fully saturated rings. The average Bonchev–Trinajstić information content (AvgIpc) is 3.22. The van der Waals surface area contributed by atoms with Gasteiger partial charge in [0.2, 0.25) is 5.91 Å². The third kappa shape index (κ3) is 5.86. The lowest BCUT2D eigenvalue weighted by Gasteiger charge is -2.19. The van der Waals surface area contributed by atoms with Gasteiger partial charge in [0, 0.05) is 38.6 Å². The highest BCUT2D eigenvalue weighted by molar-refractivity contribution is 5.85. The number of nitrogens with zero attached hydrogens (tertiary/aromatic N) is 3. The van der Waals surface area contributed by atoms with Gasteiger partial charge in [0.15, 0.2) is 0 Å². The summed E-state index contributed by atoms with van der Waals surface area (Å²) in [5.74, 6) is 0.0741. The maximum atomic E-state index is 12.3. The number of amides is 1. The Bertz CT molecular complexity index is 578. The lowest BCUT2D eigenvalue weighted by Crippen LogP contribution is -2.43. The van der Waals surface area contributed by atoms with Gasteiger partial charge in [0.1, 0.15) is 0 Å². The van der Waals surface area contributed by atoms with Crippen molar-refractivity contribution in [2.75, 3.05) is 26.2 Å². The van der Waals surface area contributed by atoms with Gasteiger partial charge in [-0.25, -0.2) is 6.57 Å². The van der Waals surface area contributed by atoms with Gasteiger partial charge in [-0.15, -0.1) is 24.8 Å². The molecule has 2 saturated heterocycles. The zero-order valence-corrected chi connectivity index (χ0v) is 15.9. The predicted octanol–water partition coefficient (Wildman–Crippen LogP) is 2.56. The van der Waals surface area contributed by atoms with Crippen molar-refractivity contribution < 1.29 is 4.79 Å². The Morgan fingerprint density at radius 1 is 1.20 bits per heavy atom. The molecule has 2 atom stereocenters. The number of likely N-dealkylation sites (tertiary alicyclic amines) is 2. The molecule has 0 radical (unpaired) electrons. The zero-order valence-electron chi connectivity index (χ0n) is 14.3. The first-order valence-electron chi connectivity index (χ1n) is 8.42. The van der Waals surface area contributed by atoms with Gasteiger partial charge in [-0.05, 0) is 18.4 Å². The van der Waals surface area contributed by atoms with Gasteiger partial charge in [-0.2, -0.15) is 0 Å². The second kappa shape index (κ2) is 10.6. The number of benzene rings is 1. The van der Waals surface area contributed by atoms with Crippen LogP contribution in [0.25, 0.3) is 4.85 Å². The Morgan fingerprint density at radius 2 is 1.96 bits per heavy atom. The number of hydrogen-bond acceptors (Lipinski definition) is 3. The Labute approximate surface area is 162 Å². The Balaban J connectivity index is 0.00000156. The Hall–Kier alpha value is -1.32. The Morgan fingerprint density at radius 3 is 2.68 bits per heavy atom. The minimum Gasteiger partial charge on any atom is -0.304 e. The van der Waals surface area contributed by atoms with Crippen molar-refractivity contribution in [3.05, 3.63) is 47.3 Å². The summed E-state index contributed by atoms with van der Waals surface area (Å²) in [5.41, 5.74) is 1.33. The third-order valence-corrected chi connectivity index (χ3v) is 4.75. The van der Waals surface area contributed by atoms with Crippen molar-refractivity contribution in [3.8, 4) is 0 Å². The normalized spacial score (nSPS) is 22.8. The number of halogens is 2. The zero-order chi connectivity index (χ0) is 16.1. The lowest BCUT2D eigenvalue weighted by molar-refractivity contribution is -0.130. The minimum atomic E-state index is -0.234. The Kier molecular flexibility index (Phi) is 9.23. The van der Waals surface area contributed by atoms with E-state index in [1.807, 2.05) is 6.07 Å². The summed E-state index contributed by atoms with van der Waals surface area (Å²) >= 11 is 0. The largest absolute Gasteiger partial charge is 0.304 e. The van der Waals surface area contributed by atoms with Crippen LogP contribution in [0, 0.1) is 6.57 Å². The highest BCUT2D eigenvalue weighted by atomic mass is 35.5. The molecule has 1 aromatic rings. The quantitative estimate of drug-likeness (QED) is 0.792. The van der Waals surface area contributed by atoms with Crippen LogP contribution < -0.4 is 5.32 Å². The molecule has 0 aromatic heterocycles. The van der Waals surface area contributed by atoms with Crippen LogP contribution in [0.4, 0.5) is 0 Å². The molecule has 0 spiro atoms. The van der Waals surface area contributed by atoms with Crippen LogP contribution in [0.15, 0.2) is 30.3 Å². The van der Waals surface area contributed by atoms with E-state index in [1.54, 1.807) is 4.90 Å². The second-order valence-electron chi connectivity index (χ2n) is 6.43. The molecule has 0 bridgehead atoms. The van der Waals surface area contributed by atoms with Gasteiger partial charge in [0.05, 0.1) is 6.54 Å². The molecule has 0 aliphatic carbocycles. The fourth-order valence-corrected chi connectivity index (χ4v) is 3.49. The van der Waals surface area contributed by atoms with Crippen LogP contribution in [-0.2, 0) is 11.3 Å². The van der Waals surface area contributed by atoms with Crippen LogP contribution in [0.2, 0.25) is 0 Å². The molecule has 7 heteroatoms. The van der Waals surface area contributed by atoms with Gasteiger partial charge >= 0.3 is 6.17 Å². The van der Waals surface area contributed by atoms with Crippen molar-refractivity contribution in [2.24, 2.45) is 0 Å². The third-order valence-electron chi connectivity index (χ3n) is 4.75. The molecule has 2 aliphatic rings. The van der Waals surface area contributed by atoms with Crippen LogP contribution >= 0.6 is 24.8 Å². The van der Waals surface area contributed by atoms with E-state index >= 15 is 0 Å². The topological polar surface area (TPSA) is 39.9 Å². The summed E-state index contributed by atoms with van der Waals surface area (Å²) in [6.45, 7) is 11.3. The number of rotatable bonds is 5. The van der Waals surface area contributed by atoms with Crippen LogP contribution in [-0.4, -0.2) is 54.1 Å². The lowest BCUT2D eigenvalue weighted by atomic mass is 10.2. The van der Waals surface area contributed by atoms with E-state index in [-0.39, 0.29) is 36.9 Å². The second-order valence-corrected chi connectivity index (χ2v) is 6.43.